The third-order valence-electron chi connectivity index (χ3n) is 4.31. The van der Waals surface area contributed by atoms with Crippen molar-refractivity contribution in [2.75, 3.05) is 19.3 Å². The van der Waals surface area contributed by atoms with Crippen molar-refractivity contribution in [3.05, 3.63) is 24.3 Å². The van der Waals surface area contributed by atoms with Crippen LogP contribution in [0.25, 0.3) is 11.4 Å². The number of thioether (sulfide) groups is 1. The fraction of sp³-hybridized carbons (Fsp3) is 0.529. The first-order valence-corrected chi connectivity index (χ1v) is 11.2. The van der Waals surface area contributed by atoms with Gasteiger partial charge in [-0.05, 0) is 31.7 Å². The van der Waals surface area contributed by atoms with E-state index >= 15 is 0 Å². The molecule has 0 bridgehead atoms. The third-order valence-corrected chi connectivity index (χ3v) is 7.00. The Hall–Kier alpha value is -1.38. The largest absolute Gasteiger partial charge is 0.299 e. The molecule has 0 saturated heterocycles. The number of nitrogens with zero attached hydrogens (tertiary/aromatic N) is 4. The smallest absolute Gasteiger partial charge is 0.243 e. The molecular formula is C17H26N4O2S2. The zero-order valence-electron chi connectivity index (χ0n) is 15.4. The van der Waals surface area contributed by atoms with Crippen molar-refractivity contribution in [1.29, 1.82) is 0 Å². The van der Waals surface area contributed by atoms with Crippen molar-refractivity contribution in [2.24, 2.45) is 0 Å². The predicted molar refractivity (Wildman–Crippen MR) is 102 cm³/mol. The van der Waals surface area contributed by atoms with Gasteiger partial charge in [-0.2, -0.15) is 4.31 Å². The zero-order chi connectivity index (χ0) is 18.6. The van der Waals surface area contributed by atoms with Gasteiger partial charge in [-0.25, -0.2) is 8.42 Å². The predicted octanol–water partition coefficient (Wildman–Crippen LogP) is 3.67. The van der Waals surface area contributed by atoms with Crippen molar-refractivity contribution in [2.45, 2.75) is 50.2 Å². The summed E-state index contributed by atoms with van der Waals surface area (Å²) in [6, 6.07) is 7.21. The molecule has 2 aromatic rings. The van der Waals surface area contributed by atoms with Gasteiger partial charge in [0.1, 0.15) is 0 Å². The molecule has 25 heavy (non-hydrogen) atoms. The average molecular weight is 383 g/mol. The second-order valence-corrected chi connectivity index (χ2v) is 8.47. The molecule has 1 aromatic heterocycles. The number of benzene rings is 1. The Labute approximate surface area is 154 Å². The quantitative estimate of drug-likeness (QED) is 0.652. The van der Waals surface area contributed by atoms with E-state index in [9.17, 15) is 8.42 Å². The summed E-state index contributed by atoms with van der Waals surface area (Å²) >= 11 is 1.54. The molecule has 0 aliphatic carbocycles. The summed E-state index contributed by atoms with van der Waals surface area (Å²) in [6.45, 7) is 8.80. The van der Waals surface area contributed by atoms with Gasteiger partial charge >= 0.3 is 0 Å². The molecule has 1 unspecified atom stereocenters. The van der Waals surface area contributed by atoms with Crippen LogP contribution in [0.3, 0.4) is 0 Å². The Balaban J connectivity index is 2.56. The molecule has 6 nitrogen and oxygen atoms in total. The average Bonchev–Trinajstić information content (AvgIpc) is 3.06. The second kappa shape index (κ2) is 8.33. The van der Waals surface area contributed by atoms with Crippen LogP contribution < -0.4 is 0 Å². The molecule has 138 valence electrons. The monoisotopic (exact) mass is 382 g/mol. The highest BCUT2D eigenvalue weighted by molar-refractivity contribution is 7.98. The van der Waals surface area contributed by atoms with E-state index in [2.05, 4.69) is 28.6 Å². The van der Waals surface area contributed by atoms with Crippen molar-refractivity contribution in [1.82, 2.24) is 19.1 Å². The number of sulfonamides is 1. The minimum atomic E-state index is -3.50. The molecule has 8 heteroatoms. The van der Waals surface area contributed by atoms with Gasteiger partial charge in [0.05, 0.1) is 4.90 Å². The third kappa shape index (κ3) is 3.91. The molecule has 0 aliphatic heterocycles. The number of hydrogen-bond donors (Lipinski definition) is 0. The maximum Gasteiger partial charge on any atom is 0.243 e. The minimum absolute atomic E-state index is 0.232. The normalized spacial score (nSPS) is 13.4. The van der Waals surface area contributed by atoms with E-state index in [0.29, 0.717) is 18.9 Å². The second-order valence-electron chi connectivity index (χ2n) is 5.75. The van der Waals surface area contributed by atoms with Crippen LogP contribution in [0.4, 0.5) is 0 Å². The van der Waals surface area contributed by atoms with E-state index in [-0.39, 0.29) is 10.9 Å². The highest BCUT2D eigenvalue weighted by Crippen LogP contribution is 2.29. The summed E-state index contributed by atoms with van der Waals surface area (Å²) in [4.78, 5) is 0.290. The molecule has 0 N–H and O–H groups in total. The highest BCUT2D eigenvalue weighted by Gasteiger charge is 2.23. The molecule has 1 aromatic carbocycles. The minimum Gasteiger partial charge on any atom is -0.299 e. The molecule has 0 saturated carbocycles. The maximum atomic E-state index is 12.8. The van der Waals surface area contributed by atoms with Gasteiger partial charge < -0.3 is 0 Å². The first-order chi connectivity index (χ1) is 11.9. The van der Waals surface area contributed by atoms with Crippen LogP contribution in [0.1, 0.15) is 40.2 Å². The van der Waals surface area contributed by atoms with E-state index in [1.165, 1.54) is 16.1 Å². The van der Waals surface area contributed by atoms with Crippen LogP contribution in [0, 0.1) is 0 Å². The van der Waals surface area contributed by atoms with Crippen LogP contribution >= 0.6 is 11.8 Å². The van der Waals surface area contributed by atoms with Crippen molar-refractivity contribution >= 4 is 21.8 Å². The van der Waals surface area contributed by atoms with Crippen LogP contribution in [0.15, 0.2) is 34.3 Å². The number of rotatable bonds is 8. The van der Waals surface area contributed by atoms with Gasteiger partial charge in [0.15, 0.2) is 11.0 Å². The summed E-state index contributed by atoms with van der Waals surface area (Å²) in [5.41, 5.74) is 0.765. The molecule has 0 amide bonds. The fourth-order valence-electron chi connectivity index (χ4n) is 2.70. The molecule has 0 radical (unpaired) electrons. The van der Waals surface area contributed by atoms with Gasteiger partial charge in [0.25, 0.3) is 0 Å². The van der Waals surface area contributed by atoms with Crippen molar-refractivity contribution in [3.8, 4) is 11.4 Å². The Morgan fingerprint density at radius 3 is 2.44 bits per heavy atom. The summed E-state index contributed by atoms with van der Waals surface area (Å²) in [7, 11) is -3.50. The molecule has 1 heterocycles. The van der Waals surface area contributed by atoms with Crippen molar-refractivity contribution < 1.29 is 8.42 Å². The molecular weight excluding hydrogens is 356 g/mol. The molecule has 0 fully saturated rings. The SMILES string of the molecule is CCC(C)n1c(SC)nnc1-c1cccc(S(=O)(=O)N(CC)CC)c1. The van der Waals surface area contributed by atoms with E-state index in [4.69, 9.17) is 0 Å². The number of aromatic nitrogens is 3. The van der Waals surface area contributed by atoms with Crippen LogP contribution in [-0.2, 0) is 10.0 Å². The van der Waals surface area contributed by atoms with Crippen LogP contribution in [0.2, 0.25) is 0 Å². The Kier molecular flexibility index (Phi) is 6.65. The molecule has 0 aliphatic rings. The van der Waals surface area contributed by atoms with Gasteiger partial charge in [-0.1, -0.05) is 44.7 Å². The van der Waals surface area contributed by atoms with E-state index in [1.54, 1.807) is 18.2 Å². The van der Waals surface area contributed by atoms with Gasteiger partial charge in [0, 0.05) is 24.7 Å². The van der Waals surface area contributed by atoms with E-state index in [1.807, 2.05) is 26.2 Å². The maximum absolute atomic E-state index is 12.8. The summed E-state index contributed by atoms with van der Waals surface area (Å²) in [6.07, 6.45) is 2.91. The first-order valence-electron chi connectivity index (χ1n) is 8.50. The Morgan fingerprint density at radius 1 is 1.20 bits per heavy atom. The van der Waals surface area contributed by atoms with Crippen LogP contribution in [0.5, 0.6) is 0 Å². The summed E-state index contributed by atoms with van der Waals surface area (Å²) in [5.74, 6) is 0.704. The molecule has 2 rings (SSSR count). The highest BCUT2D eigenvalue weighted by atomic mass is 32.2. The van der Waals surface area contributed by atoms with E-state index < -0.39 is 10.0 Å². The zero-order valence-corrected chi connectivity index (χ0v) is 17.1. The van der Waals surface area contributed by atoms with Crippen molar-refractivity contribution in [3.63, 3.8) is 0 Å². The Bertz CT molecular complexity index is 814. The standard InChI is InChI=1S/C17H26N4O2S2/c1-6-13(4)21-16(18-19-17(21)24-5)14-10-9-11-15(12-14)25(22,23)20(7-2)8-3/h9-13H,6-8H2,1-5H3. The fourth-order valence-corrected chi connectivity index (χ4v) is 4.79. The molecule has 0 spiro atoms. The lowest BCUT2D eigenvalue weighted by Crippen LogP contribution is -2.30. The number of hydrogen-bond acceptors (Lipinski definition) is 5. The van der Waals surface area contributed by atoms with E-state index in [0.717, 1.165) is 17.1 Å². The summed E-state index contributed by atoms with van der Waals surface area (Å²) < 4.78 is 29.1. The Morgan fingerprint density at radius 2 is 1.88 bits per heavy atom. The first kappa shape index (κ1) is 19.9. The lowest BCUT2D eigenvalue weighted by Gasteiger charge is -2.19. The van der Waals surface area contributed by atoms with Crippen LogP contribution in [-0.4, -0.2) is 46.8 Å². The topological polar surface area (TPSA) is 68.1 Å². The summed E-state index contributed by atoms with van der Waals surface area (Å²) in [5, 5.41) is 9.41. The molecule has 1 atom stereocenters. The van der Waals surface area contributed by atoms with Gasteiger partial charge in [0.2, 0.25) is 10.0 Å². The van der Waals surface area contributed by atoms with Gasteiger partial charge in [-0.3, -0.25) is 4.57 Å². The van der Waals surface area contributed by atoms with Gasteiger partial charge in [-0.15, -0.1) is 10.2 Å². The lowest BCUT2D eigenvalue weighted by atomic mass is 10.2. The lowest BCUT2D eigenvalue weighted by molar-refractivity contribution is 0.445.